The number of carbonyl (C=O) groups is 3. The van der Waals surface area contributed by atoms with Crippen molar-refractivity contribution in [3.63, 3.8) is 0 Å². The minimum atomic E-state index is -1.08. The van der Waals surface area contributed by atoms with Gasteiger partial charge < -0.3 is 34.0 Å². The second-order valence-corrected chi connectivity index (χ2v) is 10.2. The highest BCUT2D eigenvalue weighted by Gasteiger charge is 2.38. The molecule has 3 amide bonds. The summed E-state index contributed by atoms with van der Waals surface area (Å²) in [5.41, 5.74) is 0.441. The van der Waals surface area contributed by atoms with Crippen LogP contribution in [0.5, 0.6) is 11.5 Å². The predicted octanol–water partition coefficient (Wildman–Crippen LogP) is 4.12. The lowest BCUT2D eigenvalue weighted by Crippen LogP contribution is -2.57. The molecule has 1 aliphatic rings. The van der Waals surface area contributed by atoms with Crippen molar-refractivity contribution in [2.45, 2.75) is 84.5 Å². The van der Waals surface area contributed by atoms with Crippen molar-refractivity contribution >= 4 is 17.9 Å². The van der Waals surface area contributed by atoms with Gasteiger partial charge in [0.2, 0.25) is 5.91 Å². The molecule has 38 heavy (non-hydrogen) atoms. The number of likely N-dealkylation sites (tertiary alicyclic amines) is 1. The van der Waals surface area contributed by atoms with Gasteiger partial charge in [-0.2, -0.15) is 0 Å². The number of amides is 3. The minimum Gasteiger partial charge on any atom is -0.493 e. The number of carboxylic acid groups (broad SMARTS) is 1. The summed E-state index contributed by atoms with van der Waals surface area (Å²) < 4.78 is 16.3. The Hall–Kier alpha value is -3.01. The lowest BCUT2D eigenvalue weighted by Gasteiger charge is -2.44. The van der Waals surface area contributed by atoms with Crippen molar-refractivity contribution in [1.82, 2.24) is 14.7 Å². The molecule has 2 rings (SSSR count). The van der Waals surface area contributed by atoms with Crippen LogP contribution in [0, 0.1) is 0 Å². The third kappa shape index (κ3) is 7.99. The van der Waals surface area contributed by atoms with E-state index in [-0.39, 0.29) is 42.9 Å². The van der Waals surface area contributed by atoms with E-state index >= 15 is 0 Å². The molecule has 1 aromatic rings. The zero-order valence-corrected chi connectivity index (χ0v) is 23.9. The first-order chi connectivity index (χ1) is 18.0. The molecule has 0 radical (unpaired) electrons. The molecule has 10 heteroatoms. The largest absolute Gasteiger partial charge is 0.493 e. The molecule has 0 aliphatic carbocycles. The maximum Gasteiger partial charge on any atom is 0.407 e. The number of benzene rings is 1. The molecular weight excluding hydrogens is 490 g/mol. The number of methoxy groups -OCH3 is 2. The van der Waals surface area contributed by atoms with Crippen LogP contribution in [0.2, 0.25) is 0 Å². The summed E-state index contributed by atoms with van der Waals surface area (Å²) in [4.78, 5) is 43.7. The van der Waals surface area contributed by atoms with E-state index in [0.29, 0.717) is 56.1 Å². The molecule has 1 aliphatic heterocycles. The quantitative estimate of drug-likeness (QED) is 0.379. The molecule has 2 atom stereocenters. The van der Waals surface area contributed by atoms with Gasteiger partial charge in [0, 0.05) is 63.3 Å². The van der Waals surface area contributed by atoms with Gasteiger partial charge in [-0.3, -0.25) is 9.59 Å². The first-order valence-corrected chi connectivity index (χ1v) is 13.5. The maximum atomic E-state index is 13.7. The number of hydrogen-bond acceptors (Lipinski definition) is 6. The number of ether oxygens (including phenoxy) is 3. The van der Waals surface area contributed by atoms with Gasteiger partial charge in [0.15, 0.2) is 11.5 Å². The number of piperidine rings is 1. The molecule has 1 heterocycles. The third-order valence-electron chi connectivity index (χ3n) is 6.97. The van der Waals surface area contributed by atoms with Crippen molar-refractivity contribution in [3.8, 4) is 11.5 Å². The van der Waals surface area contributed by atoms with Crippen LogP contribution in [0.1, 0.15) is 70.7 Å². The molecule has 1 fully saturated rings. The zero-order valence-electron chi connectivity index (χ0n) is 23.9. The van der Waals surface area contributed by atoms with Crippen molar-refractivity contribution in [3.05, 3.63) is 23.8 Å². The molecular formula is C28H45N3O7. The fraction of sp³-hybridized carbons (Fsp3) is 0.679. The van der Waals surface area contributed by atoms with Gasteiger partial charge in [-0.05, 0) is 65.7 Å². The summed E-state index contributed by atoms with van der Waals surface area (Å²) >= 11 is 0. The fourth-order valence-corrected chi connectivity index (χ4v) is 5.11. The second-order valence-electron chi connectivity index (χ2n) is 10.2. The van der Waals surface area contributed by atoms with E-state index < -0.39 is 12.1 Å². The van der Waals surface area contributed by atoms with Crippen LogP contribution in [0.4, 0.5) is 4.79 Å². The Bertz CT molecular complexity index is 937. The Kier molecular flexibility index (Phi) is 12.2. The van der Waals surface area contributed by atoms with Gasteiger partial charge in [0.1, 0.15) is 0 Å². The van der Waals surface area contributed by atoms with Crippen LogP contribution >= 0.6 is 0 Å². The van der Waals surface area contributed by atoms with Crippen LogP contribution in [-0.4, -0.2) is 102 Å². The van der Waals surface area contributed by atoms with Crippen LogP contribution < -0.4 is 9.47 Å². The summed E-state index contributed by atoms with van der Waals surface area (Å²) in [5.74, 6) is 0.745. The third-order valence-corrected chi connectivity index (χ3v) is 6.97. The smallest absolute Gasteiger partial charge is 0.407 e. The normalized spacial score (nSPS) is 17.4. The van der Waals surface area contributed by atoms with E-state index in [1.165, 1.54) is 4.90 Å². The highest BCUT2D eigenvalue weighted by Crippen LogP contribution is 2.31. The maximum absolute atomic E-state index is 13.7. The Morgan fingerprint density at radius 2 is 1.76 bits per heavy atom. The van der Waals surface area contributed by atoms with Gasteiger partial charge in [0.05, 0.1) is 19.8 Å². The van der Waals surface area contributed by atoms with Crippen LogP contribution in [0.15, 0.2) is 18.2 Å². The molecule has 1 aromatic carbocycles. The van der Waals surface area contributed by atoms with Crippen molar-refractivity contribution in [2.75, 3.05) is 40.5 Å². The van der Waals surface area contributed by atoms with E-state index in [2.05, 4.69) is 0 Å². The Morgan fingerprint density at radius 1 is 1.05 bits per heavy atom. The van der Waals surface area contributed by atoms with Gasteiger partial charge in [-0.25, -0.2) is 4.79 Å². The summed E-state index contributed by atoms with van der Waals surface area (Å²) in [7, 11) is 3.17. The van der Waals surface area contributed by atoms with Gasteiger partial charge in [-0.1, -0.05) is 0 Å². The summed E-state index contributed by atoms with van der Waals surface area (Å²) in [6.07, 6.45) is 0.872. The molecule has 0 saturated carbocycles. The average molecular weight is 536 g/mol. The van der Waals surface area contributed by atoms with E-state index in [4.69, 9.17) is 14.2 Å². The topological polar surface area (TPSA) is 109 Å². The minimum absolute atomic E-state index is 0.0505. The zero-order chi connectivity index (χ0) is 28.4. The number of nitrogens with zero attached hydrogens (tertiary/aromatic N) is 3. The lowest BCUT2D eigenvalue weighted by atomic mass is 9.93. The highest BCUT2D eigenvalue weighted by atomic mass is 16.5. The summed E-state index contributed by atoms with van der Waals surface area (Å²) in [6.45, 7) is 11.4. The molecule has 0 unspecified atom stereocenters. The SMILES string of the molecule is CCN(C(=O)C[C@H]1CC[C@@H](N(C(=O)c2ccc(OC)c(OCCCOC)c2)C(C)C)CN1C(=O)O)C(C)C. The van der Waals surface area contributed by atoms with Gasteiger partial charge in [0.25, 0.3) is 5.91 Å². The molecule has 1 N–H and O–H groups in total. The van der Waals surface area contributed by atoms with Crippen LogP contribution in [-0.2, 0) is 9.53 Å². The summed E-state index contributed by atoms with van der Waals surface area (Å²) in [5, 5.41) is 9.99. The summed E-state index contributed by atoms with van der Waals surface area (Å²) in [6, 6.07) is 4.24. The predicted molar refractivity (Wildman–Crippen MR) is 145 cm³/mol. The lowest BCUT2D eigenvalue weighted by molar-refractivity contribution is -0.134. The standard InChI is InChI=1S/C28H45N3O7/c1-8-29(19(2)3)26(32)17-22-11-12-23(18-30(22)28(34)35)31(20(4)5)27(33)21-10-13-24(37-7)25(16-21)38-15-9-14-36-6/h10,13,16,19-20,22-23H,8-9,11-12,14-15,17-18H2,1-7H3,(H,34,35)/t22-,23-/m1/s1. The van der Waals surface area contributed by atoms with Crippen molar-refractivity contribution in [1.29, 1.82) is 0 Å². The molecule has 0 spiro atoms. The first-order valence-electron chi connectivity index (χ1n) is 13.5. The molecule has 1 saturated heterocycles. The number of hydrogen-bond donors (Lipinski definition) is 1. The number of rotatable bonds is 13. The molecule has 0 bridgehead atoms. The Balaban J connectivity index is 2.23. The Morgan fingerprint density at radius 3 is 2.32 bits per heavy atom. The highest BCUT2D eigenvalue weighted by molar-refractivity contribution is 5.95. The van der Waals surface area contributed by atoms with Gasteiger partial charge >= 0.3 is 6.09 Å². The molecule has 0 aromatic heterocycles. The van der Waals surface area contributed by atoms with Gasteiger partial charge in [-0.15, -0.1) is 0 Å². The van der Waals surface area contributed by atoms with Crippen molar-refractivity contribution < 1.29 is 33.7 Å². The van der Waals surface area contributed by atoms with Crippen LogP contribution in [0.3, 0.4) is 0 Å². The van der Waals surface area contributed by atoms with E-state index in [1.54, 1.807) is 42.2 Å². The molecule has 10 nitrogen and oxygen atoms in total. The average Bonchev–Trinajstić information content (AvgIpc) is 2.87. The second kappa shape index (κ2) is 14.8. The van der Waals surface area contributed by atoms with Crippen LogP contribution in [0.25, 0.3) is 0 Å². The number of carbonyl (C=O) groups excluding carboxylic acids is 2. The first kappa shape index (κ1) is 31.2. The van der Waals surface area contributed by atoms with Crippen molar-refractivity contribution in [2.24, 2.45) is 0 Å². The van der Waals surface area contributed by atoms with E-state index in [9.17, 15) is 19.5 Å². The fourth-order valence-electron chi connectivity index (χ4n) is 5.11. The van der Waals surface area contributed by atoms with E-state index in [0.717, 1.165) is 0 Å². The Labute approximate surface area is 226 Å². The monoisotopic (exact) mass is 535 g/mol. The van der Waals surface area contributed by atoms with E-state index in [1.807, 2.05) is 34.6 Å². The molecule has 214 valence electrons.